The molecule has 1 aromatic heterocycles. The minimum atomic E-state index is -3.49. The van der Waals surface area contributed by atoms with Crippen molar-refractivity contribution in [1.82, 2.24) is 9.29 Å². The molecular weight excluding hydrogens is 462 g/mol. The molecule has 2 aliphatic heterocycles. The van der Waals surface area contributed by atoms with E-state index in [1.54, 1.807) is 18.3 Å². The van der Waals surface area contributed by atoms with Crippen LogP contribution in [-0.2, 0) is 10.0 Å². The Morgan fingerprint density at radius 3 is 2.06 bits per heavy atom. The fourth-order valence-corrected chi connectivity index (χ4v) is 6.06. The zero-order chi connectivity index (χ0) is 24.3. The number of carbonyl (C=O) groups excluding carboxylic acids is 1. The van der Waals surface area contributed by atoms with Crippen molar-refractivity contribution in [3.05, 3.63) is 78.5 Å². The highest BCUT2D eigenvalue weighted by atomic mass is 32.2. The summed E-state index contributed by atoms with van der Waals surface area (Å²) < 4.78 is 26.8. The number of carbonyl (C=O) groups is 1. The maximum absolute atomic E-state index is 12.7. The molecule has 0 radical (unpaired) electrons. The number of nitrogens with one attached hydrogen (secondary N) is 1. The molecule has 8 nitrogen and oxygen atoms in total. The number of benzene rings is 2. The fourth-order valence-electron chi connectivity index (χ4n) is 4.54. The lowest BCUT2D eigenvalue weighted by molar-refractivity contribution is 0.102. The van der Waals surface area contributed by atoms with Crippen LogP contribution in [0.5, 0.6) is 0 Å². The van der Waals surface area contributed by atoms with Crippen LogP contribution in [0.4, 0.5) is 17.2 Å². The monoisotopic (exact) mass is 491 g/mol. The molecule has 35 heavy (non-hydrogen) atoms. The van der Waals surface area contributed by atoms with Crippen LogP contribution < -0.4 is 15.1 Å². The zero-order valence-electron chi connectivity index (χ0n) is 19.5. The second-order valence-electron chi connectivity index (χ2n) is 8.80. The summed E-state index contributed by atoms with van der Waals surface area (Å²) in [4.78, 5) is 22.0. The second kappa shape index (κ2) is 10.1. The first kappa shape index (κ1) is 23.3. The van der Waals surface area contributed by atoms with Crippen LogP contribution in [-0.4, -0.2) is 62.9 Å². The van der Waals surface area contributed by atoms with Crippen molar-refractivity contribution in [1.29, 1.82) is 0 Å². The predicted octanol–water partition coefficient (Wildman–Crippen LogP) is 3.45. The average Bonchev–Trinajstić information content (AvgIpc) is 3.46. The Kier molecular flexibility index (Phi) is 6.70. The molecule has 5 rings (SSSR count). The standard InChI is InChI=1S/C26H29N5O3S/c32-26(21-8-11-24(12-9-21)35(33,34)31-14-4-5-15-31)28-22-10-13-25(27-20-22)30-18-16-29(17-19-30)23-6-2-1-3-7-23/h1-3,6-13,20H,4-5,14-19H2,(H,28,32). The lowest BCUT2D eigenvalue weighted by atomic mass is 10.2. The summed E-state index contributed by atoms with van der Waals surface area (Å²) in [5, 5.41) is 2.84. The molecule has 0 atom stereocenters. The van der Waals surface area contributed by atoms with Crippen LogP contribution in [0, 0.1) is 0 Å². The van der Waals surface area contributed by atoms with E-state index in [0.717, 1.165) is 44.8 Å². The summed E-state index contributed by atoms with van der Waals surface area (Å²) in [6, 6.07) is 20.3. The molecule has 3 aromatic rings. The zero-order valence-corrected chi connectivity index (χ0v) is 20.3. The summed E-state index contributed by atoms with van der Waals surface area (Å²) in [6.45, 7) is 4.70. The molecule has 0 bridgehead atoms. The number of sulfonamides is 1. The van der Waals surface area contributed by atoms with Crippen LogP contribution in [0.15, 0.2) is 77.8 Å². The number of hydrogen-bond acceptors (Lipinski definition) is 6. The van der Waals surface area contributed by atoms with E-state index in [9.17, 15) is 13.2 Å². The molecule has 1 amide bonds. The first-order valence-electron chi connectivity index (χ1n) is 11.9. The highest BCUT2D eigenvalue weighted by Crippen LogP contribution is 2.22. The van der Waals surface area contributed by atoms with Gasteiger partial charge in [0.25, 0.3) is 5.91 Å². The van der Waals surface area contributed by atoms with E-state index in [1.807, 2.05) is 18.2 Å². The van der Waals surface area contributed by atoms with Gasteiger partial charge >= 0.3 is 0 Å². The number of rotatable bonds is 6. The molecule has 1 N–H and O–H groups in total. The molecule has 9 heteroatoms. The maximum atomic E-state index is 12.7. The van der Waals surface area contributed by atoms with Gasteiger partial charge in [-0.25, -0.2) is 13.4 Å². The van der Waals surface area contributed by atoms with Crippen molar-refractivity contribution in [2.45, 2.75) is 17.7 Å². The summed E-state index contributed by atoms with van der Waals surface area (Å²) in [6.07, 6.45) is 3.43. The Labute approximate surface area is 206 Å². The van der Waals surface area contributed by atoms with Gasteiger partial charge in [-0.1, -0.05) is 18.2 Å². The Morgan fingerprint density at radius 1 is 0.771 bits per heavy atom. The molecule has 182 valence electrons. The van der Waals surface area contributed by atoms with Crippen molar-refractivity contribution in [3.63, 3.8) is 0 Å². The second-order valence-corrected chi connectivity index (χ2v) is 10.7. The highest BCUT2D eigenvalue weighted by Gasteiger charge is 2.27. The smallest absolute Gasteiger partial charge is 0.255 e. The van der Waals surface area contributed by atoms with E-state index in [1.165, 1.54) is 22.1 Å². The Bertz CT molecular complexity index is 1250. The van der Waals surface area contributed by atoms with E-state index in [4.69, 9.17) is 0 Å². The third-order valence-electron chi connectivity index (χ3n) is 6.55. The fraction of sp³-hybridized carbons (Fsp3) is 0.308. The normalized spacial score (nSPS) is 16.9. The van der Waals surface area contributed by atoms with Crippen molar-refractivity contribution in [2.24, 2.45) is 0 Å². The average molecular weight is 492 g/mol. The van der Waals surface area contributed by atoms with Crippen LogP contribution in [0.25, 0.3) is 0 Å². The summed E-state index contributed by atoms with van der Waals surface area (Å²) in [7, 11) is -3.49. The van der Waals surface area contributed by atoms with E-state index in [0.29, 0.717) is 24.3 Å². The van der Waals surface area contributed by atoms with E-state index >= 15 is 0 Å². The van der Waals surface area contributed by atoms with Gasteiger partial charge in [0.1, 0.15) is 5.82 Å². The van der Waals surface area contributed by atoms with Crippen LogP contribution in [0.3, 0.4) is 0 Å². The third-order valence-corrected chi connectivity index (χ3v) is 8.46. The number of aromatic nitrogens is 1. The lowest BCUT2D eigenvalue weighted by Gasteiger charge is -2.36. The SMILES string of the molecule is O=C(Nc1ccc(N2CCN(c3ccccc3)CC2)nc1)c1ccc(S(=O)(=O)N2CCCC2)cc1. The number of pyridine rings is 1. The van der Waals surface area contributed by atoms with Gasteiger partial charge in [0.05, 0.1) is 16.8 Å². The molecule has 0 aliphatic carbocycles. The number of para-hydroxylation sites is 1. The quantitative estimate of drug-likeness (QED) is 0.569. The van der Waals surface area contributed by atoms with Crippen molar-refractivity contribution in [2.75, 3.05) is 54.4 Å². The molecule has 2 aliphatic rings. The van der Waals surface area contributed by atoms with Crippen molar-refractivity contribution < 1.29 is 13.2 Å². The number of hydrogen-bond donors (Lipinski definition) is 1. The van der Waals surface area contributed by atoms with Gasteiger partial charge in [-0.2, -0.15) is 4.31 Å². The molecule has 0 spiro atoms. The molecule has 2 saturated heterocycles. The predicted molar refractivity (Wildman–Crippen MR) is 137 cm³/mol. The Hall–Kier alpha value is -3.43. The van der Waals surface area contributed by atoms with Gasteiger partial charge < -0.3 is 15.1 Å². The molecule has 2 aromatic carbocycles. The van der Waals surface area contributed by atoms with Gasteiger partial charge in [0.2, 0.25) is 10.0 Å². The van der Waals surface area contributed by atoms with Crippen LogP contribution >= 0.6 is 0 Å². The first-order valence-corrected chi connectivity index (χ1v) is 13.4. The maximum Gasteiger partial charge on any atom is 0.255 e. The summed E-state index contributed by atoms with van der Waals surface area (Å²) in [5.74, 6) is 0.577. The highest BCUT2D eigenvalue weighted by molar-refractivity contribution is 7.89. The van der Waals surface area contributed by atoms with Gasteiger partial charge in [0.15, 0.2) is 0 Å². The van der Waals surface area contributed by atoms with Crippen LogP contribution in [0.2, 0.25) is 0 Å². The van der Waals surface area contributed by atoms with Crippen molar-refractivity contribution in [3.8, 4) is 0 Å². The molecule has 3 heterocycles. The minimum absolute atomic E-state index is 0.217. The summed E-state index contributed by atoms with van der Waals surface area (Å²) >= 11 is 0. The summed E-state index contributed by atoms with van der Waals surface area (Å²) in [5.41, 5.74) is 2.22. The van der Waals surface area contributed by atoms with E-state index in [2.05, 4.69) is 44.4 Å². The molecule has 0 saturated carbocycles. The van der Waals surface area contributed by atoms with Gasteiger partial charge in [0, 0.05) is 50.5 Å². The number of nitrogens with zero attached hydrogens (tertiary/aromatic N) is 4. The van der Waals surface area contributed by atoms with Crippen molar-refractivity contribution >= 4 is 33.1 Å². The third kappa shape index (κ3) is 5.16. The Morgan fingerprint density at radius 2 is 1.43 bits per heavy atom. The Balaban J connectivity index is 1.17. The molecular formula is C26H29N5O3S. The van der Waals surface area contributed by atoms with Gasteiger partial charge in [-0.3, -0.25) is 4.79 Å². The molecule has 0 unspecified atom stereocenters. The van der Waals surface area contributed by atoms with E-state index in [-0.39, 0.29) is 10.8 Å². The number of anilines is 3. The largest absolute Gasteiger partial charge is 0.368 e. The van der Waals surface area contributed by atoms with Gasteiger partial charge in [-0.15, -0.1) is 0 Å². The van der Waals surface area contributed by atoms with E-state index < -0.39 is 10.0 Å². The molecule has 2 fully saturated rings. The lowest BCUT2D eigenvalue weighted by Crippen LogP contribution is -2.46. The van der Waals surface area contributed by atoms with Crippen LogP contribution in [0.1, 0.15) is 23.2 Å². The topological polar surface area (TPSA) is 85.9 Å². The van der Waals surface area contributed by atoms with Gasteiger partial charge in [-0.05, 0) is 61.4 Å². The first-order chi connectivity index (χ1) is 17.0. The minimum Gasteiger partial charge on any atom is -0.368 e. The number of amides is 1. The number of piperazine rings is 1.